The molecule has 6 nitrogen and oxygen atoms in total. The molecule has 2 N–H and O–H groups in total. The number of piperazine rings is 1. The number of fused-ring (bicyclic) bond motifs is 1. The van der Waals surface area contributed by atoms with Crippen molar-refractivity contribution in [2.75, 3.05) is 41.7 Å². The fraction of sp³-hybridized carbons (Fsp3) is 0.200. The molecule has 0 atom stereocenters. The Morgan fingerprint density at radius 2 is 1.85 bits per heavy atom. The van der Waals surface area contributed by atoms with E-state index in [2.05, 4.69) is 10.6 Å². The van der Waals surface area contributed by atoms with Crippen LogP contribution in [-0.4, -0.2) is 43.4 Å². The van der Waals surface area contributed by atoms with Gasteiger partial charge < -0.3 is 20.4 Å². The highest BCUT2D eigenvalue weighted by atomic mass is 19.1. The molecule has 2 aromatic rings. The summed E-state index contributed by atoms with van der Waals surface area (Å²) < 4.78 is 14.6. The van der Waals surface area contributed by atoms with Crippen LogP contribution in [0.25, 0.3) is 5.57 Å². The van der Waals surface area contributed by atoms with Crippen molar-refractivity contribution in [3.8, 4) is 0 Å². The molecule has 138 valence electrons. The highest BCUT2D eigenvalue weighted by molar-refractivity contribution is 6.31. The first-order valence-corrected chi connectivity index (χ1v) is 8.77. The summed E-state index contributed by atoms with van der Waals surface area (Å²) in [7, 11) is 0. The molecule has 2 heterocycles. The van der Waals surface area contributed by atoms with Crippen molar-refractivity contribution in [3.63, 3.8) is 0 Å². The highest BCUT2D eigenvalue weighted by Gasteiger charge is 2.23. The quantitative estimate of drug-likeness (QED) is 0.645. The molecular weight excluding hydrogens is 347 g/mol. The first-order valence-electron chi connectivity index (χ1n) is 8.77. The standard InChI is InChI=1S/C20H19FN4O2/c21-17-11-14(5-6-19(17)25-9-7-24(13-26)8-10-25)22-12-16-15-3-1-2-4-18(15)23-20(16)27/h1-6,11-13,22H,7-10H2,(H,23,27). The molecule has 0 unspecified atom stereocenters. The lowest BCUT2D eigenvalue weighted by atomic mass is 10.1. The molecule has 2 amide bonds. The Hall–Kier alpha value is -3.35. The molecule has 0 radical (unpaired) electrons. The lowest BCUT2D eigenvalue weighted by Crippen LogP contribution is -2.46. The van der Waals surface area contributed by atoms with Gasteiger partial charge in [0.05, 0.1) is 11.3 Å². The normalized spacial score (nSPS) is 17.7. The van der Waals surface area contributed by atoms with E-state index in [9.17, 15) is 14.0 Å². The number of nitrogens with one attached hydrogen (secondary N) is 2. The Kier molecular flexibility index (Phi) is 4.50. The van der Waals surface area contributed by atoms with E-state index >= 15 is 0 Å². The van der Waals surface area contributed by atoms with Crippen LogP contribution in [-0.2, 0) is 9.59 Å². The van der Waals surface area contributed by atoms with Gasteiger partial charge in [0.2, 0.25) is 6.41 Å². The third-order valence-corrected chi connectivity index (χ3v) is 4.84. The molecule has 1 saturated heterocycles. The SMILES string of the molecule is O=CN1CCN(c2ccc(NC=C3C(=O)Nc4ccccc43)cc2F)CC1. The molecule has 0 bridgehead atoms. The van der Waals surface area contributed by atoms with Gasteiger partial charge in [0, 0.05) is 49.3 Å². The van der Waals surface area contributed by atoms with Crippen LogP contribution in [0.3, 0.4) is 0 Å². The molecule has 0 aromatic heterocycles. The van der Waals surface area contributed by atoms with E-state index in [0.717, 1.165) is 17.7 Å². The van der Waals surface area contributed by atoms with Crippen LogP contribution in [0, 0.1) is 5.82 Å². The minimum Gasteiger partial charge on any atom is -0.366 e. The monoisotopic (exact) mass is 366 g/mol. The van der Waals surface area contributed by atoms with Gasteiger partial charge in [0.1, 0.15) is 5.82 Å². The maximum absolute atomic E-state index is 14.6. The molecule has 2 aliphatic heterocycles. The van der Waals surface area contributed by atoms with Crippen LogP contribution in [0.1, 0.15) is 5.56 Å². The van der Waals surface area contributed by atoms with Crippen molar-refractivity contribution < 1.29 is 14.0 Å². The molecule has 27 heavy (non-hydrogen) atoms. The summed E-state index contributed by atoms with van der Waals surface area (Å²) in [5.74, 6) is -0.525. The van der Waals surface area contributed by atoms with Crippen LogP contribution < -0.4 is 15.5 Å². The third kappa shape index (κ3) is 3.36. The number of benzene rings is 2. The summed E-state index contributed by atoms with van der Waals surface area (Å²) in [5, 5.41) is 5.81. The van der Waals surface area contributed by atoms with Crippen molar-refractivity contribution >= 4 is 35.0 Å². The highest BCUT2D eigenvalue weighted by Crippen LogP contribution is 2.31. The molecule has 0 spiro atoms. The second kappa shape index (κ2) is 7.11. The summed E-state index contributed by atoms with van der Waals surface area (Å²) >= 11 is 0. The second-order valence-corrected chi connectivity index (χ2v) is 6.50. The van der Waals surface area contributed by atoms with E-state index in [1.165, 1.54) is 6.07 Å². The van der Waals surface area contributed by atoms with Crippen LogP contribution in [0.4, 0.5) is 21.5 Å². The maximum Gasteiger partial charge on any atom is 0.257 e. The Labute approximate surface area is 156 Å². The van der Waals surface area contributed by atoms with Gasteiger partial charge in [0.25, 0.3) is 5.91 Å². The Bertz CT molecular complexity index is 920. The van der Waals surface area contributed by atoms with Gasteiger partial charge in [0.15, 0.2) is 0 Å². The first kappa shape index (κ1) is 17.1. The van der Waals surface area contributed by atoms with Crippen molar-refractivity contribution in [2.24, 2.45) is 0 Å². The number of hydrogen-bond acceptors (Lipinski definition) is 4. The van der Waals surface area contributed by atoms with Crippen molar-refractivity contribution in [3.05, 3.63) is 60.0 Å². The number of anilines is 3. The molecule has 1 fully saturated rings. The number of amides is 2. The van der Waals surface area contributed by atoms with Gasteiger partial charge >= 0.3 is 0 Å². The topological polar surface area (TPSA) is 64.7 Å². The predicted molar refractivity (Wildman–Crippen MR) is 103 cm³/mol. The average Bonchev–Trinajstić information content (AvgIpc) is 3.01. The van der Waals surface area contributed by atoms with Gasteiger partial charge in [-0.3, -0.25) is 9.59 Å². The van der Waals surface area contributed by atoms with Crippen LogP contribution in [0.5, 0.6) is 0 Å². The summed E-state index contributed by atoms with van der Waals surface area (Å²) in [6, 6.07) is 12.3. The number of para-hydroxylation sites is 1. The van der Waals surface area contributed by atoms with E-state index in [-0.39, 0.29) is 11.7 Å². The fourth-order valence-corrected chi connectivity index (χ4v) is 3.36. The smallest absolute Gasteiger partial charge is 0.257 e. The molecule has 0 aliphatic carbocycles. The minimum atomic E-state index is -0.339. The summed E-state index contributed by atoms with van der Waals surface area (Å²) in [6.07, 6.45) is 2.42. The molecule has 0 saturated carbocycles. The Balaban J connectivity index is 1.49. The van der Waals surface area contributed by atoms with E-state index < -0.39 is 0 Å². The first-order chi connectivity index (χ1) is 13.2. The lowest BCUT2D eigenvalue weighted by molar-refractivity contribution is -0.118. The van der Waals surface area contributed by atoms with E-state index in [1.807, 2.05) is 29.2 Å². The summed E-state index contributed by atoms with van der Waals surface area (Å²) in [5.41, 5.74) is 3.18. The number of halogens is 1. The van der Waals surface area contributed by atoms with Crippen LogP contribution in [0.15, 0.2) is 48.7 Å². The second-order valence-electron chi connectivity index (χ2n) is 6.50. The van der Waals surface area contributed by atoms with E-state index in [1.54, 1.807) is 23.2 Å². The largest absolute Gasteiger partial charge is 0.366 e. The maximum atomic E-state index is 14.6. The Morgan fingerprint density at radius 3 is 2.59 bits per heavy atom. The molecule has 2 aromatic carbocycles. The zero-order chi connectivity index (χ0) is 18.8. The minimum absolute atomic E-state index is 0.186. The number of carbonyl (C=O) groups is 2. The Morgan fingerprint density at radius 1 is 1.07 bits per heavy atom. The van der Waals surface area contributed by atoms with Gasteiger partial charge in [-0.05, 0) is 24.3 Å². The number of hydrogen-bond donors (Lipinski definition) is 2. The molecule has 2 aliphatic rings. The van der Waals surface area contributed by atoms with Gasteiger partial charge in [-0.1, -0.05) is 18.2 Å². The molecule has 4 rings (SSSR count). The van der Waals surface area contributed by atoms with Crippen LogP contribution in [0.2, 0.25) is 0 Å². The molecule has 7 heteroatoms. The fourth-order valence-electron chi connectivity index (χ4n) is 3.36. The van der Waals surface area contributed by atoms with Gasteiger partial charge in [-0.2, -0.15) is 0 Å². The predicted octanol–water partition coefficient (Wildman–Crippen LogP) is 2.51. The lowest BCUT2D eigenvalue weighted by Gasteiger charge is -2.34. The number of rotatable bonds is 4. The summed E-state index contributed by atoms with van der Waals surface area (Å²) in [4.78, 5) is 26.5. The third-order valence-electron chi connectivity index (χ3n) is 4.84. The van der Waals surface area contributed by atoms with Crippen molar-refractivity contribution in [1.29, 1.82) is 0 Å². The number of nitrogens with zero attached hydrogens (tertiary/aromatic N) is 2. The van der Waals surface area contributed by atoms with E-state index in [0.29, 0.717) is 43.1 Å². The van der Waals surface area contributed by atoms with Crippen molar-refractivity contribution in [1.82, 2.24) is 4.90 Å². The van der Waals surface area contributed by atoms with Gasteiger partial charge in [-0.15, -0.1) is 0 Å². The zero-order valence-electron chi connectivity index (χ0n) is 14.6. The molecular formula is C20H19FN4O2. The average molecular weight is 366 g/mol. The number of carbonyl (C=O) groups excluding carboxylic acids is 2. The summed E-state index contributed by atoms with van der Waals surface area (Å²) in [6.45, 7) is 2.38. The van der Waals surface area contributed by atoms with E-state index in [4.69, 9.17) is 0 Å². The van der Waals surface area contributed by atoms with Crippen molar-refractivity contribution in [2.45, 2.75) is 0 Å². The zero-order valence-corrected chi connectivity index (χ0v) is 14.6. The van der Waals surface area contributed by atoms with Crippen LogP contribution >= 0.6 is 0 Å². The van der Waals surface area contributed by atoms with Gasteiger partial charge in [-0.25, -0.2) is 4.39 Å².